The van der Waals surface area contributed by atoms with Gasteiger partial charge < -0.3 is 14.8 Å². The molecule has 1 N–H and O–H groups in total. The number of carbonyl (C=O) groups excluding carboxylic acids is 2. The Hall–Kier alpha value is -2.04. The molecule has 0 aliphatic heterocycles. The summed E-state index contributed by atoms with van der Waals surface area (Å²) in [6.07, 6.45) is -0.284. The lowest BCUT2D eigenvalue weighted by atomic mass is 10.1. The maximum Gasteiger partial charge on any atom is 0.407 e. The quantitative estimate of drug-likeness (QED) is 0.816. The van der Waals surface area contributed by atoms with Crippen molar-refractivity contribution < 1.29 is 19.1 Å². The van der Waals surface area contributed by atoms with Gasteiger partial charge in [0.15, 0.2) is 0 Å². The highest BCUT2D eigenvalue weighted by atomic mass is 16.6. The number of esters is 1. The second kappa shape index (κ2) is 8.56. The number of hydrogen-bond donors (Lipinski definition) is 1. The molecular formula is C18H27NO4. The molecule has 5 nitrogen and oxygen atoms in total. The van der Waals surface area contributed by atoms with E-state index in [0.717, 1.165) is 5.56 Å². The first-order chi connectivity index (χ1) is 10.7. The van der Waals surface area contributed by atoms with Crippen LogP contribution in [0.25, 0.3) is 0 Å². The second-order valence-corrected chi connectivity index (χ2v) is 6.84. The summed E-state index contributed by atoms with van der Waals surface area (Å²) in [6.45, 7) is 9.44. The molecule has 1 amide bonds. The van der Waals surface area contributed by atoms with Crippen LogP contribution in [0.4, 0.5) is 4.79 Å². The zero-order chi connectivity index (χ0) is 17.5. The van der Waals surface area contributed by atoms with Crippen LogP contribution in [0, 0.1) is 5.92 Å². The summed E-state index contributed by atoms with van der Waals surface area (Å²) in [5, 5.41) is 2.75. The van der Waals surface area contributed by atoms with Crippen LogP contribution in [0.5, 0.6) is 0 Å². The Morgan fingerprint density at radius 1 is 1.13 bits per heavy atom. The van der Waals surface area contributed by atoms with Gasteiger partial charge >= 0.3 is 12.1 Å². The van der Waals surface area contributed by atoms with E-state index in [1.807, 2.05) is 44.2 Å². The Morgan fingerprint density at radius 2 is 1.74 bits per heavy atom. The average Bonchev–Trinajstić information content (AvgIpc) is 2.42. The molecule has 1 aromatic carbocycles. The van der Waals surface area contributed by atoms with Crippen molar-refractivity contribution in [1.29, 1.82) is 0 Å². The van der Waals surface area contributed by atoms with Crippen LogP contribution in [0.3, 0.4) is 0 Å². The van der Waals surface area contributed by atoms with Gasteiger partial charge in [0, 0.05) is 0 Å². The summed E-state index contributed by atoms with van der Waals surface area (Å²) in [5.41, 5.74) is 0.342. The van der Waals surface area contributed by atoms with Crippen LogP contribution < -0.4 is 5.32 Å². The highest BCUT2D eigenvalue weighted by Crippen LogP contribution is 2.09. The molecule has 0 aromatic heterocycles. The Balaban J connectivity index is 2.47. The molecule has 0 radical (unpaired) electrons. The smallest absolute Gasteiger partial charge is 0.407 e. The minimum Gasteiger partial charge on any atom is -0.463 e. The lowest BCUT2D eigenvalue weighted by Crippen LogP contribution is -2.44. The third-order valence-corrected chi connectivity index (χ3v) is 3.12. The number of alkyl carbamates (subject to hydrolysis) is 1. The highest BCUT2D eigenvalue weighted by molar-refractivity contribution is 5.72. The van der Waals surface area contributed by atoms with Crippen molar-refractivity contribution in [2.24, 2.45) is 5.92 Å². The van der Waals surface area contributed by atoms with Crippen LogP contribution >= 0.6 is 0 Å². The van der Waals surface area contributed by atoms with Gasteiger partial charge in [-0.25, -0.2) is 4.79 Å². The van der Waals surface area contributed by atoms with Gasteiger partial charge in [0.05, 0.1) is 12.5 Å². The first-order valence-corrected chi connectivity index (χ1v) is 7.86. The van der Waals surface area contributed by atoms with E-state index >= 15 is 0 Å². The van der Waals surface area contributed by atoms with Crippen LogP contribution in [-0.4, -0.2) is 30.3 Å². The Bertz CT molecular complexity index is 506. The zero-order valence-electron chi connectivity index (χ0n) is 14.6. The molecule has 1 rings (SSSR count). The summed E-state index contributed by atoms with van der Waals surface area (Å²) in [6, 6.07) is 9.12. The van der Waals surface area contributed by atoms with Crippen molar-refractivity contribution in [2.75, 3.05) is 6.61 Å². The maximum absolute atomic E-state index is 11.9. The molecule has 0 fully saturated rings. The van der Waals surface area contributed by atoms with Gasteiger partial charge in [-0.3, -0.25) is 4.79 Å². The highest BCUT2D eigenvalue weighted by Gasteiger charge is 2.22. The summed E-state index contributed by atoms with van der Waals surface area (Å²) in [7, 11) is 0. The van der Waals surface area contributed by atoms with Crippen LogP contribution in [-0.2, 0) is 20.7 Å². The number of ether oxygens (including phenoxy) is 2. The molecule has 23 heavy (non-hydrogen) atoms. The summed E-state index contributed by atoms with van der Waals surface area (Å²) in [4.78, 5) is 23.7. The second-order valence-electron chi connectivity index (χ2n) is 6.84. The molecule has 0 aliphatic carbocycles. The Kier molecular flexibility index (Phi) is 7.07. The maximum atomic E-state index is 11.9. The number of carbonyl (C=O) groups is 2. The Labute approximate surface area is 138 Å². The average molecular weight is 321 g/mol. The molecule has 1 unspecified atom stereocenters. The van der Waals surface area contributed by atoms with E-state index in [9.17, 15) is 9.59 Å². The van der Waals surface area contributed by atoms with Crippen LogP contribution in [0.15, 0.2) is 30.3 Å². The molecule has 0 aliphatic rings. The third kappa shape index (κ3) is 8.24. The van der Waals surface area contributed by atoms with Gasteiger partial charge in [-0.15, -0.1) is 0 Å². The lowest BCUT2D eigenvalue weighted by molar-refractivity contribution is -0.143. The van der Waals surface area contributed by atoms with E-state index in [0.29, 0.717) is 0 Å². The predicted octanol–water partition coefficient (Wildman–Crippen LogP) is 3.32. The normalized spacial score (nSPS) is 12.6. The molecule has 5 heteroatoms. The van der Waals surface area contributed by atoms with Gasteiger partial charge in [0.25, 0.3) is 0 Å². The molecule has 0 heterocycles. The largest absolute Gasteiger partial charge is 0.463 e. The molecule has 1 atom stereocenters. The van der Waals surface area contributed by atoms with Crippen molar-refractivity contribution in [1.82, 2.24) is 5.32 Å². The molecule has 0 spiro atoms. The number of amides is 1. The zero-order valence-corrected chi connectivity index (χ0v) is 14.6. The van der Waals surface area contributed by atoms with Gasteiger partial charge in [-0.05, 0) is 32.3 Å². The van der Waals surface area contributed by atoms with Crippen molar-refractivity contribution in [3.05, 3.63) is 35.9 Å². The molecule has 0 saturated carbocycles. The fourth-order valence-electron chi connectivity index (χ4n) is 1.86. The SMILES string of the molecule is CC(C)C(COC(=O)Cc1ccccc1)NC(=O)OC(C)(C)C. The summed E-state index contributed by atoms with van der Waals surface area (Å²) < 4.78 is 10.5. The number of nitrogens with one attached hydrogen (secondary N) is 1. The number of hydrogen-bond acceptors (Lipinski definition) is 4. The molecule has 1 aromatic rings. The predicted molar refractivity (Wildman–Crippen MR) is 89.1 cm³/mol. The molecular weight excluding hydrogens is 294 g/mol. The van der Waals surface area contributed by atoms with Gasteiger partial charge in [0.2, 0.25) is 0 Å². The topological polar surface area (TPSA) is 64.6 Å². The first kappa shape index (κ1) is 19.0. The summed E-state index contributed by atoms with van der Waals surface area (Å²) in [5.74, 6) is -0.195. The van der Waals surface area contributed by atoms with Crippen LogP contribution in [0.1, 0.15) is 40.2 Å². The monoisotopic (exact) mass is 321 g/mol. The first-order valence-electron chi connectivity index (χ1n) is 7.86. The van der Waals surface area contributed by atoms with E-state index < -0.39 is 11.7 Å². The molecule has 0 saturated heterocycles. The van der Waals surface area contributed by atoms with Gasteiger partial charge in [-0.2, -0.15) is 0 Å². The van der Waals surface area contributed by atoms with E-state index in [2.05, 4.69) is 5.32 Å². The Morgan fingerprint density at radius 3 is 2.26 bits per heavy atom. The van der Waals surface area contributed by atoms with E-state index in [1.165, 1.54) is 0 Å². The van der Waals surface area contributed by atoms with Gasteiger partial charge in [-0.1, -0.05) is 44.2 Å². The van der Waals surface area contributed by atoms with Crippen molar-refractivity contribution in [3.8, 4) is 0 Å². The fourth-order valence-corrected chi connectivity index (χ4v) is 1.86. The van der Waals surface area contributed by atoms with Crippen molar-refractivity contribution >= 4 is 12.1 Å². The van der Waals surface area contributed by atoms with E-state index in [1.54, 1.807) is 20.8 Å². The van der Waals surface area contributed by atoms with E-state index in [-0.39, 0.29) is 31.0 Å². The van der Waals surface area contributed by atoms with Crippen LogP contribution in [0.2, 0.25) is 0 Å². The fraction of sp³-hybridized carbons (Fsp3) is 0.556. The minimum absolute atomic E-state index is 0.118. The molecule has 0 bridgehead atoms. The van der Waals surface area contributed by atoms with Crippen molar-refractivity contribution in [3.63, 3.8) is 0 Å². The lowest BCUT2D eigenvalue weighted by Gasteiger charge is -2.25. The summed E-state index contributed by atoms with van der Waals surface area (Å²) >= 11 is 0. The van der Waals surface area contributed by atoms with E-state index in [4.69, 9.17) is 9.47 Å². The minimum atomic E-state index is -0.560. The number of benzene rings is 1. The van der Waals surface area contributed by atoms with Crippen molar-refractivity contribution in [2.45, 2.75) is 52.7 Å². The molecule has 128 valence electrons. The number of rotatable bonds is 6. The van der Waals surface area contributed by atoms with Gasteiger partial charge in [0.1, 0.15) is 12.2 Å². The third-order valence-electron chi connectivity index (χ3n) is 3.12. The standard InChI is InChI=1S/C18H27NO4/c1-13(2)15(19-17(21)23-18(3,4)5)12-22-16(20)11-14-9-7-6-8-10-14/h6-10,13,15H,11-12H2,1-5H3,(H,19,21).